The second-order valence-corrected chi connectivity index (χ2v) is 6.44. The number of hydrogen-bond acceptors (Lipinski definition) is 2. The molecule has 0 heterocycles. The minimum atomic E-state index is -4.90. The molecule has 9 heteroatoms. The van der Waals surface area contributed by atoms with Crippen LogP contribution in [0.5, 0.6) is 11.5 Å². The Morgan fingerprint density at radius 2 is 1.85 bits per heavy atom. The lowest BCUT2D eigenvalue weighted by Crippen LogP contribution is -2.48. The summed E-state index contributed by atoms with van der Waals surface area (Å²) >= 11 is 0. The lowest BCUT2D eigenvalue weighted by molar-refractivity contribution is -0.287. The Balaban J connectivity index is 1.89. The fourth-order valence-electron chi connectivity index (χ4n) is 3.68. The Labute approximate surface area is 148 Å². The average Bonchev–Trinajstić information content (AvgIpc) is 2.92. The fourth-order valence-corrected chi connectivity index (χ4v) is 3.68. The van der Waals surface area contributed by atoms with E-state index in [0.29, 0.717) is 6.07 Å². The summed E-state index contributed by atoms with van der Waals surface area (Å²) in [6, 6.07) is 4.40. The molecule has 2 aliphatic rings. The van der Waals surface area contributed by atoms with E-state index in [9.17, 15) is 31.4 Å². The van der Waals surface area contributed by atoms with Crippen molar-refractivity contribution in [3.63, 3.8) is 0 Å². The van der Waals surface area contributed by atoms with Crippen LogP contribution in [0.1, 0.15) is 29.3 Å². The van der Waals surface area contributed by atoms with Crippen LogP contribution in [0.15, 0.2) is 30.3 Å². The molecule has 2 aliphatic carbocycles. The van der Waals surface area contributed by atoms with Gasteiger partial charge in [-0.2, -0.15) is 17.6 Å². The molecule has 0 radical (unpaired) electrons. The number of nitrogens with zero attached hydrogens (tertiary/aromatic N) is 1. The van der Waals surface area contributed by atoms with Gasteiger partial charge in [-0.3, -0.25) is 0 Å². The van der Waals surface area contributed by atoms with Gasteiger partial charge in [0.25, 0.3) is 0 Å². The molecule has 27 heavy (non-hydrogen) atoms. The molecule has 140 valence electrons. The van der Waals surface area contributed by atoms with Crippen molar-refractivity contribution in [1.82, 2.24) is 0 Å². The number of aliphatic hydroxyl groups is 1. The summed E-state index contributed by atoms with van der Waals surface area (Å²) in [6.45, 7) is 6.89. The van der Waals surface area contributed by atoms with Crippen molar-refractivity contribution in [2.45, 2.75) is 30.0 Å². The third-order valence-corrected chi connectivity index (χ3v) is 4.87. The van der Waals surface area contributed by atoms with Gasteiger partial charge in [0.05, 0.1) is 6.57 Å². The first-order valence-electron chi connectivity index (χ1n) is 7.69. The van der Waals surface area contributed by atoms with E-state index in [0.717, 1.165) is 24.3 Å². The molecule has 2 aromatic rings. The van der Waals surface area contributed by atoms with Crippen LogP contribution in [-0.2, 0) is 11.5 Å². The molecule has 3 nitrogen and oxygen atoms in total. The van der Waals surface area contributed by atoms with E-state index in [1.54, 1.807) is 0 Å². The SMILES string of the molecule is [C-]#[N+]c1cc(F)cc(Oc2ccc3c4c2[C@H](F)C[C@]4(O)C(F)(F)C3(F)F)c1. The molecule has 0 bridgehead atoms. The first kappa shape index (κ1) is 17.7. The lowest BCUT2D eigenvalue weighted by atomic mass is 9.95. The van der Waals surface area contributed by atoms with E-state index in [2.05, 4.69) is 4.85 Å². The lowest BCUT2D eigenvalue weighted by Gasteiger charge is -2.30. The van der Waals surface area contributed by atoms with Gasteiger partial charge in [0, 0.05) is 29.2 Å². The number of benzene rings is 2. The molecule has 0 aromatic heterocycles. The van der Waals surface area contributed by atoms with E-state index < -0.39 is 58.3 Å². The van der Waals surface area contributed by atoms with Crippen molar-refractivity contribution in [2.24, 2.45) is 0 Å². The quantitative estimate of drug-likeness (QED) is 0.546. The number of hydrogen-bond donors (Lipinski definition) is 1. The Bertz CT molecular complexity index is 1020. The standard InChI is InChI=1S/C18H9F6NO2/c1-25-9-4-8(19)5-10(6-9)27-13-3-2-11-15-14(13)12(20)7-16(15,26)18(23,24)17(11,21)22/h2-6,12,26H,7H2/t12-,16-/m1/s1. The van der Waals surface area contributed by atoms with E-state index in [1.807, 2.05) is 0 Å². The predicted molar refractivity (Wildman–Crippen MR) is 80.4 cm³/mol. The third-order valence-electron chi connectivity index (χ3n) is 4.87. The van der Waals surface area contributed by atoms with Gasteiger partial charge in [-0.15, -0.1) is 0 Å². The monoisotopic (exact) mass is 385 g/mol. The second-order valence-electron chi connectivity index (χ2n) is 6.44. The van der Waals surface area contributed by atoms with Crippen LogP contribution < -0.4 is 4.74 Å². The minimum Gasteiger partial charge on any atom is -0.458 e. The first-order valence-corrected chi connectivity index (χ1v) is 7.69. The van der Waals surface area contributed by atoms with E-state index in [-0.39, 0.29) is 11.4 Å². The summed E-state index contributed by atoms with van der Waals surface area (Å²) in [6.07, 6.45) is -3.44. The van der Waals surface area contributed by atoms with Gasteiger partial charge in [0.1, 0.15) is 23.5 Å². The maximum atomic E-state index is 14.5. The van der Waals surface area contributed by atoms with Crippen molar-refractivity contribution in [3.8, 4) is 11.5 Å². The molecule has 0 unspecified atom stereocenters. The summed E-state index contributed by atoms with van der Waals surface area (Å²) in [7, 11) is 0. The summed E-state index contributed by atoms with van der Waals surface area (Å²) < 4.78 is 89.9. The van der Waals surface area contributed by atoms with E-state index >= 15 is 0 Å². The molecule has 0 amide bonds. The van der Waals surface area contributed by atoms with E-state index in [4.69, 9.17) is 11.3 Å². The highest BCUT2D eigenvalue weighted by Gasteiger charge is 2.79. The highest BCUT2D eigenvalue weighted by molar-refractivity contribution is 5.61. The van der Waals surface area contributed by atoms with Crippen LogP contribution in [0.4, 0.5) is 32.0 Å². The van der Waals surface area contributed by atoms with Gasteiger partial charge in [0.15, 0.2) is 11.3 Å². The Morgan fingerprint density at radius 1 is 1.15 bits per heavy atom. The molecule has 2 atom stereocenters. The van der Waals surface area contributed by atoms with Crippen LogP contribution in [0, 0.1) is 12.4 Å². The van der Waals surface area contributed by atoms with Gasteiger partial charge < -0.3 is 9.84 Å². The predicted octanol–water partition coefficient (Wildman–Crippen LogP) is 5.51. The van der Waals surface area contributed by atoms with Crippen LogP contribution in [0.2, 0.25) is 0 Å². The summed E-state index contributed by atoms with van der Waals surface area (Å²) in [4.78, 5) is 3.02. The van der Waals surface area contributed by atoms with Gasteiger partial charge >= 0.3 is 11.8 Å². The molecule has 0 fully saturated rings. The Morgan fingerprint density at radius 3 is 2.52 bits per heavy atom. The minimum absolute atomic E-state index is 0.131. The Hall–Kier alpha value is -2.73. The zero-order valence-corrected chi connectivity index (χ0v) is 13.2. The Kier molecular flexibility index (Phi) is 3.38. The number of rotatable bonds is 2. The van der Waals surface area contributed by atoms with Crippen molar-refractivity contribution in [1.29, 1.82) is 0 Å². The van der Waals surface area contributed by atoms with Crippen LogP contribution >= 0.6 is 0 Å². The largest absolute Gasteiger partial charge is 0.458 e. The van der Waals surface area contributed by atoms with Crippen LogP contribution in [-0.4, -0.2) is 11.0 Å². The normalized spacial score (nSPS) is 26.5. The number of alkyl halides is 5. The maximum absolute atomic E-state index is 14.5. The molecule has 0 saturated heterocycles. The van der Waals surface area contributed by atoms with Gasteiger partial charge in [-0.25, -0.2) is 13.6 Å². The van der Waals surface area contributed by atoms with Gasteiger partial charge in [-0.05, 0) is 24.3 Å². The zero-order chi connectivity index (χ0) is 19.8. The second kappa shape index (κ2) is 5.16. The number of ether oxygens (including phenoxy) is 1. The zero-order valence-electron chi connectivity index (χ0n) is 13.2. The summed E-state index contributed by atoms with van der Waals surface area (Å²) in [5.41, 5.74) is -6.19. The molecular formula is C18H9F6NO2. The smallest absolute Gasteiger partial charge is 0.346 e. The topological polar surface area (TPSA) is 33.8 Å². The van der Waals surface area contributed by atoms with Gasteiger partial charge in [0.2, 0.25) is 0 Å². The molecule has 0 saturated carbocycles. The third kappa shape index (κ3) is 2.07. The highest BCUT2D eigenvalue weighted by Crippen LogP contribution is 2.68. The molecule has 0 spiro atoms. The molecule has 1 N–H and O–H groups in total. The maximum Gasteiger partial charge on any atom is 0.346 e. The number of halogens is 6. The fraction of sp³-hybridized carbons (Fsp3) is 0.278. The summed E-state index contributed by atoms with van der Waals surface area (Å²) in [5, 5.41) is 10.2. The van der Waals surface area contributed by atoms with Crippen LogP contribution in [0.25, 0.3) is 4.85 Å². The molecule has 4 rings (SSSR count). The first-order chi connectivity index (χ1) is 12.5. The van der Waals surface area contributed by atoms with Crippen molar-refractivity contribution in [2.75, 3.05) is 0 Å². The van der Waals surface area contributed by atoms with Crippen molar-refractivity contribution in [3.05, 3.63) is 64.3 Å². The van der Waals surface area contributed by atoms with E-state index in [1.165, 1.54) is 0 Å². The van der Waals surface area contributed by atoms with Crippen LogP contribution in [0.3, 0.4) is 0 Å². The van der Waals surface area contributed by atoms with Gasteiger partial charge in [-0.1, -0.05) is 0 Å². The van der Waals surface area contributed by atoms with Crippen molar-refractivity contribution < 1.29 is 36.2 Å². The molecular weight excluding hydrogens is 376 g/mol. The van der Waals surface area contributed by atoms with Crippen molar-refractivity contribution >= 4 is 5.69 Å². The summed E-state index contributed by atoms with van der Waals surface area (Å²) in [5.74, 6) is -11.1. The molecule has 0 aliphatic heterocycles. The highest BCUT2D eigenvalue weighted by atomic mass is 19.3. The molecule has 2 aromatic carbocycles. The average molecular weight is 385 g/mol.